The summed E-state index contributed by atoms with van der Waals surface area (Å²) < 4.78 is 5.04. The molecule has 3 rings (SSSR count). The van der Waals surface area contributed by atoms with Crippen molar-refractivity contribution in [3.8, 4) is 0 Å². The number of carbonyl (C=O) groups excluding carboxylic acids is 1. The summed E-state index contributed by atoms with van der Waals surface area (Å²) in [5.74, 6) is 1.51. The smallest absolute Gasteiger partial charge is 0.240 e. The van der Waals surface area contributed by atoms with E-state index in [1.165, 1.54) is 19.3 Å². The lowest BCUT2D eigenvalue weighted by atomic mass is 9.93. The third-order valence-electron chi connectivity index (χ3n) is 4.39. The zero-order valence-electron chi connectivity index (χ0n) is 10.8. The Kier molecular flexibility index (Phi) is 3.12. The normalized spacial score (nSPS) is 30.4. The summed E-state index contributed by atoms with van der Waals surface area (Å²) >= 11 is 0. The molecule has 0 bridgehead atoms. The number of carbonyl (C=O) groups is 1. The molecule has 0 spiro atoms. The third kappa shape index (κ3) is 2.05. The molecule has 1 aromatic heterocycles. The summed E-state index contributed by atoms with van der Waals surface area (Å²) in [7, 11) is 1.87. The Labute approximate surface area is 107 Å². The van der Waals surface area contributed by atoms with E-state index in [2.05, 4.69) is 5.32 Å². The fourth-order valence-electron chi connectivity index (χ4n) is 3.43. The van der Waals surface area contributed by atoms with Crippen molar-refractivity contribution >= 4 is 5.91 Å². The van der Waals surface area contributed by atoms with Crippen molar-refractivity contribution in [1.29, 1.82) is 0 Å². The van der Waals surface area contributed by atoms with Gasteiger partial charge in [-0.25, -0.2) is 0 Å². The first-order valence-corrected chi connectivity index (χ1v) is 6.75. The largest absolute Gasteiger partial charge is 0.472 e. The molecule has 3 unspecified atom stereocenters. The molecule has 18 heavy (non-hydrogen) atoms. The highest BCUT2D eigenvalue weighted by Crippen LogP contribution is 2.38. The minimum absolute atomic E-state index is 0.0365. The molecule has 1 aromatic rings. The van der Waals surface area contributed by atoms with Gasteiger partial charge in [-0.2, -0.15) is 0 Å². The molecule has 2 heterocycles. The average molecular weight is 248 g/mol. The van der Waals surface area contributed by atoms with Gasteiger partial charge in [0.2, 0.25) is 5.91 Å². The number of nitrogens with one attached hydrogen (secondary N) is 1. The molecule has 1 saturated carbocycles. The van der Waals surface area contributed by atoms with E-state index >= 15 is 0 Å². The summed E-state index contributed by atoms with van der Waals surface area (Å²) in [5, 5.41) is 3.40. The third-order valence-corrected chi connectivity index (χ3v) is 4.39. The van der Waals surface area contributed by atoms with Gasteiger partial charge in [0.25, 0.3) is 0 Å². The molecule has 2 aliphatic rings. The first-order valence-electron chi connectivity index (χ1n) is 6.75. The highest BCUT2D eigenvalue weighted by Gasteiger charge is 2.43. The van der Waals surface area contributed by atoms with Gasteiger partial charge in [0.15, 0.2) is 0 Å². The van der Waals surface area contributed by atoms with E-state index in [0.29, 0.717) is 12.5 Å². The Hall–Kier alpha value is -1.29. The Morgan fingerprint density at radius 1 is 1.56 bits per heavy atom. The van der Waals surface area contributed by atoms with Crippen molar-refractivity contribution in [3.05, 3.63) is 24.2 Å². The van der Waals surface area contributed by atoms with E-state index in [9.17, 15) is 4.79 Å². The monoisotopic (exact) mass is 248 g/mol. The Morgan fingerprint density at radius 2 is 2.44 bits per heavy atom. The van der Waals surface area contributed by atoms with Crippen LogP contribution in [0.1, 0.15) is 24.8 Å². The first-order chi connectivity index (χ1) is 8.75. The molecule has 1 aliphatic carbocycles. The molecule has 1 N–H and O–H groups in total. The Balaban J connectivity index is 1.63. The zero-order chi connectivity index (χ0) is 12.5. The molecule has 1 saturated heterocycles. The van der Waals surface area contributed by atoms with Crippen LogP contribution in [0.4, 0.5) is 0 Å². The maximum Gasteiger partial charge on any atom is 0.240 e. The van der Waals surface area contributed by atoms with E-state index in [1.54, 1.807) is 12.5 Å². The first kappa shape index (κ1) is 11.8. The topological polar surface area (TPSA) is 45.5 Å². The lowest BCUT2D eigenvalue weighted by Gasteiger charge is -2.24. The predicted molar refractivity (Wildman–Crippen MR) is 67.8 cm³/mol. The van der Waals surface area contributed by atoms with Gasteiger partial charge >= 0.3 is 0 Å². The van der Waals surface area contributed by atoms with Crippen LogP contribution in [-0.2, 0) is 11.3 Å². The summed E-state index contributed by atoms with van der Waals surface area (Å²) in [6, 6.07) is 1.94. The van der Waals surface area contributed by atoms with Gasteiger partial charge < -0.3 is 14.6 Å². The van der Waals surface area contributed by atoms with Crippen LogP contribution >= 0.6 is 0 Å². The predicted octanol–water partition coefficient (Wildman–Crippen LogP) is 1.63. The van der Waals surface area contributed by atoms with Crippen LogP contribution in [0.2, 0.25) is 0 Å². The van der Waals surface area contributed by atoms with E-state index < -0.39 is 0 Å². The number of fused-ring (bicyclic) bond motifs is 1. The molecule has 2 fully saturated rings. The van der Waals surface area contributed by atoms with Crippen molar-refractivity contribution in [2.45, 2.75) is 31.8 Å². The van der Waals surface area contributed by atoms with Gasteiger partial charge in [0.1, 0.15) is 0 Å². The number of hydrogen-bond acceptors (Lipinski definition) is 3. The molecule has 0 aromatic carbocycles. The Morgan fingerprint density at radius 3 is 3.22 bits per heavy atom. The second-order valence-electron chi connectivity index (χ2n) is 5.57. The second kappa shape index (κ2) is 4.76. The lowest BCUT2D eigenvalue weighted by Crippen LogP contribution is -2.44. The molecular weight excluding hydrogens is 228 g/mol. The van der Waals surface area contributed by atoms with Crippen LogP contribution in [0, 0.1) is 11.8 Å². The Bertz CT molecular complexity index is 415. The highest BCUT2D eigenvalue weighted by molar-refractivity contribution is 5.82. The van der Waals surface area contributed by atoms with Gasteiger partial charge in [-0.05, 0) is 37.3 Å². The fourth-order valence-corrected chi connectivity index (χ4v) is 3.43. The SMILES string of the molecule is CN(Cc1ccoc1)C(=O)C1NCC2CCCC21. The maximum atomic E-state index is 12.4. The van der Waals surface area contributed by atoms with Crippen molar-refractivity contribution < 1.29 is 9.21 Å². The standard InChI is InChI=1S/C14H20N2O2/c1-16(8-10-5-6-18-9-10)14(17)13-12-4-2-3-11(12)7-15-13/h5-6,9,11-13,15H,2-4,7-8H2,1H3. The summed E-state index contributed by atoms with van der Waals surface area (Å²) in [6.07, 6.45) is 7.12. The molecule has 1 amide bonds. The molecule has 1 aliphatic heterocycles. The van der Waals surface area contributed by atoms with Crippen molar-refractivity contribution in [3.63, 3.8) is 0 Å². The van der Waals surface area contributed by atoms with E-state index in [0.717, 1.165) is 18.0 Å². The summed E-state index contributed by atoms with van der Waals surface area (Å²) in [5.41, 5.74) is 1.05. The maximum absolute atomic E-state index is 12.4. The van der Waals surface area contributed by atoms with Crippen molar-refractivity contribution in [1.82, 2.24) is 10.2 Å². The minimum atomic E-state index is 0.0365. The summed E-state index contributed by atoms with van der Waals surface area (Å²) in [6.45, 7) is 1.64. The molecule has 0 radical (unpaired) electrons. The zero-order valence-corrected chi connectivity index (χ0v) is 10.8. The van der Waals surface area contributed by atoms with E-state index in [4.69, 9.17) is 4.42 Å². The van der Waals surface area contributed by atoms with Gasteiger partial charge in [-0.15, -0.1) is 0 Å². The lowest BCUT2D eigenvalue weighted by molar-refractivity contribution is -0.133. The number of amides is 1. The van der Waals surface area contributed by atoms with Crippen LogP contribution in [0.3, 0.4) is 0 Å². The number of hydrogen-bond donors (Lipinski definition) is 1. The van der Waals surface area contributed by atoms with Crippen LogP contribution in [0.5, 0.6) is 0 Å². The molecule has 98 valence electrons. The number of nitrogens with zero attached hydrogens (tertiary/aromatic N) is 1. The van der Waals surface area contributed by atoms with Crippen LogP contribution in [-0.4, -0.2) is 30.4 Å². The van der Waals surface area contributed by atoms with E-state index in [-0.39, 0.29) is 11.9 Å². The number of furan rings is 1. The fraction of sp³-hybridized carbons (Fsp3) is 0.643. The minimum Gasteiger partial charge on any atom is -0.472 e. The van der Waals surface area contributed by atoms with Crippen LogP contribution in [0.15, 0.2) is 23.0 Å². The quantitative estimate of drug-likeness (QED) is 0.884. The van der Waals surface area contributed by atoms with Gasteiger partial charge in [0.05, 0.1) is 18.6 Å². The van der Waals surface area contributed by atoms with Crippen LogP contribution in [0.25, 0.3) is 0 Å². The molecule has 4 heteroatoms. The molecule has 3 atom stereocenters. The van der Waals surface area contributed by atoms with Crippen molar-refractivity contribution in [2.24, 2.45) is 11.8 Å². The summed E-state index contributed by atoms with van der Waals surface area (Å²) in [4.78, 5) is 14.3. The molecular formula is C14H20N2O2. The van der Waals surface area contributed by atoms with Gasteiger partial charge in [0, 0.05) is 19.2 Å². The van der Waals surface area contributed by atoms with Crippen molar-refractivity contribution in [2.75, 3.05) is 13.6 Å². The second-order valence-corrected chi connectivity index (χ2v) is 5.57. The number of likely N-dealkylation sites (N-methyl/N-ethyl adjacent to an activating group) is 1. The van der Waals surface area contributed by atoms with Gasteiger partial charge in [-0.3, -0.25) is 4.79 Å². The average Bonchev–Trinajstić information content (AvgIpc) is 3.04. The molecule has 4 nitrogen and oxygen atoms in total. The van der Waals surface area contributed by atoms with Crippen LogP contribution < -0.4 is 5.32 Å². The number of rotatable bonds is 3. The van der Waals surface area contributed by atoms with Gasteiger partial charge in [-0.1, -0.05) is 6.42 Å². The van der Waals surface area contributed by atoms with E-state index in [1.807, 2.05) is 18.0 Å². The highest BCUT2D eigenvalue weighted by atomic mass is 16.3.